The van der Waals surface area contributed by atoms with Crippen molar-refractivity contribution in [1.29, 1.82) is 0 Å². The van der Waals surface area contributed by atoms with Crippen molar-refractivity contribution in [2.24, 2.45) is 5.92 Å². The molecule has 1 aliphatic heterocycles. The Bertz CT molecular complexity index is 817. The van der Waals surface area contributed by atoms with Gasteiger partial charge in [0, 0.05) is 17.2 Å². The van der Waals surface area contributed by atoms with Crippen molar-refractivity contribution < 1.29 is 14.0 Å². The lowest BCUT2D eigenvalue weighted by atomic mass is 9.98. The highest BCUT2D eigenvalue weighted by atomic mass is 32.2. The fourth-order valence-corrected chi connectivity index (χ4v) is 4.14. The second-order valence-electron chi connectivity index (χ2n) is 6.50. The van der Waals surface area contributed by atoms with E-state index in [1.807, 2.05) is 32.9 Å². The predicted octanol–water partition coefficient (Wildman–Crippen LogP) is 4.75. The number of anilines is 1. The Morgan fingerprint density at radius 2 is 1.88 bits per heavy atom. The lowest BCUT2D eigenvalue weighted by Gasteiger charge is -2.26. The Hall–Kier alpha value is -2.14. The Kier molecular flexibility index (Phi) is 4.95. The molecule has 130 valence electrons. The number of amides is 1. The van der Waals surface area contributed by atoms with Crippen LogP contribution in [-0.4, -0.2) is 17.4 Å². The van der Waals surface area contributed by atoms with Crippen molar-refractivity contribution in [3.63, 3.8) is 0 Å². The largest absolute Gasteiger partial charge is 0.295 e. The third kappa shape index (κ3) is 3.47. The first-order valence-corrected chi connectivity index (χ1v) is 9.27. The molecule has 1 atom stereocenters. The van der Waals surface area contributed by atoms with Crippen molar-refractivity contribution >= 4 is 29.1 Å². The van der Waals surface area contributed by atoms with Crippen LogP contribution in [0.3, 0.4) is 0 Å². The summed E-state index contributed by atoms with van der Waals surface area (Å²) >= 11 is 1.52. The van der Waals surface area contributed by atoms with Gasteiger partial charge in [-0.15, -0.1) is 11.8 Å². The van der Waals surface area contributed by atoms with E-state index < -0.39 is 0 Å². The monoisotopic (exact) mass is 357 g/mol. The molecule has 25 heavy (non-hydrogen) atoms. The summed E-state index contributed by atoms with van der Waals surface area (Å²) in [4.78, 5) is 26.4. The molecule has 1 unspecified atom stereocenters. The van der Waals surface area contributed by atoms with Crippen molar-refractivity contribution in [1.82, 2.24) is 0 Å². The average Bonchev–Trinajstić information content (AvgIpc) is 2.96. The minimum absolute atomic E-state index is 0.0189. The van der Waals surface area contributed by atoms with Crippen LogP contribution in [0.2, 0.25) is 0 Å². The molecule has 1 fully saturated rings. The molecular formula is C20H20FNO2S. The van der Waals surface area contributed by atoms with Crippen LogP contribution in [0.5, 0.6) is 0 Å². The molecule has 2 aromatic carbocycles. The van der Waals surface area contributed by atoms with Gasteiger partial charge in [-0.2, -0.15) is 0 Å². The van der Waals surface area contributed by atoms with Crippen molar-refractivity contribution in [2.75, 3.05) is 10.7 Å². The van der Waals surface area contributed by atoms with Gasteiger partial charge in [0.2, 0.25) is 5.91 Å². The zero-order valence-corrected chi connectivity index (χ0v) is 15.3. The minimum atomic E-state index is -0.294. The maximum atomic E-state index is 13.2. The van der Waals surface area contributed by atoms with Gasteiger partial charge in [0.1, 0.15) is 11.2 Å². The molecule has 2 aromatic rings. The van der Waals surface area contributed by atoms with E-state index in [1.54, 1.807) is 23.1 Å². The summed E-state index contributed by atoms with van der Waals surface area (Å²) in [7, 11) is 0. The number of nitrogens with zero attached hydrogens (tertiary/aromatic N) is 1. The van der Waals surface area contributed by atoms with E-state index in [0.717, 1.165) is 16.8 Å². The van der Waals surface area contributed by atoms with Crippen LogP contribution in [0, 0.1) is 18.7 Å². The highest BCUT2D eigenvalue weighted by Gasteiger charge is 2.34. The first-order valence-electron chi connectivity index (χ1n) is 8.22. The van der Waals surface area contributed by atoms with Gasteiger partial charge in [0.05, 0.1) is 5.75 Å². The standard InChI is InChI=1S/C20H20FNO2S/c1-12(2)19(24)15-6-9-17(13(3)10-15)22-18(23)11-25-20(22)14-4-7-16(21)8-5-14/h4-10,12,20H,11H2,1-3H3. The predicted molar refractivity (Wildman–Crippen MR) is 99.4 cm³/mol. The van der Waals surface area contributed by atoms with Crippen molar-refractivity contribution in [3.05, 3.63) is 65.0 Å². The number of hydrogen-bond donors (Lipinski definition) is 0. The fourth-order valence-electron chi connectivity index (χ4n) is 2.97. The van der Waals surface area contributed by atoms with E-state index >= 15 is 0 Å². The Morgan fingerprint density at radius 3 is 2.48 bits per heavy atom. The van der Waals surface area contributed by atoms with Gasteiger partial charge in [0.25, 0.3) is 0 Å². The van der Waals surface area contributed by atoms with Crippen molar-refractivity contribution in [3.8, 4) is 0 Å². The third-order valence-corrected chi connectivity index (χ3v) is 5.50. The smallest absolute Gasteiger partial charge is 0.238 e. The maximum absolute atomic E-state index is 13.2. The minimum Gasteiger partial charge on any atom is -0.295 e. The van der Waals surface area contributed by atoms with E-state index in [1.165, 1.54) is 23.9 Å². The van der Waals surface area contributed by atoms with Crippen molar-refractivity contribution in [2.45, 2.75) is 26.1 Å². The van der Waals surface area contributed by atoms with Gasteiger partial charge < -0.3 is 0 Å². The summed E-state index contributed by atoms with van der Waals surface area (Å²) in [6.07, 6.45) is 0. The number of carbonyl (C=O) groups excluding carboxylic acids is 2. The zero-order chi connectivity index (χ0) is 18.1. The molecule has 0 aliphatic carbocycles. The molecule has 1 aliphatic rings. The summed E-state index contributed by atoms with van der Waals surface area (Å²) in [5.41, 5.74) is 3.23. The number of Topliss-reactive ketones (excluding diaryl/α,β-unsaturated/α-hetero) is 1. The summed E-state index contributed by atoms with van der Waals surface area (Å²) in [5, 5.41) is -0.182. The molecule has 0 bridgehead atoms. The summed E-state index contributed by atoms with van der Waals surface area (Å²) in [5.74, 6) is 0.129. The Labute approximate surface area is 151 Å². The molecule has 1 heterocycles. The van der Waals surface area contributed by atoms with Crippen LogP contribution >= 0.6 is 11.8 Å². The highest BCUT2D eigenvalue weighted by Crippen LogP contribution is 2.42. The average molecular weight is 357 g/mol. The normalized spacial score (nSPS) is 17.4. The fraction of sp³-hybridized carbons (Fsp3) is 0.300. The van der Waals surface area contributed by atoms with Crippen LogP contribution in [0.4, 0.5) is 10.1 Å². The number of hydrogen-bond acceptors (Lipinski definition) is 3. The molecule has 3 rings (SSSR count). The van der Waals surface area contributed by atoms with Gasteiger partial charge >= 0.3 is 0 Å². The number of carbonyl (C=O) groups is 2. The summed E-state index contributed by atoms with van der Waals surface area (Å²) in [6.45, 7) is 5.65. The van der Waals surface area contributed by atoms with Crippen LogP contribution in [0.1, 0.15) is 40.7 Å². The zero-order valence-electron chi connectivity index (χ0n) is 14.5. The molecule has 1 saturated heterocycles. The quantitative estimate of drug-likeness (QED) is 0.741. The molecular weight excluding hydrogens is 337 g/mol. The SMILES string of the molecule is Cc1cc(C(=O)C(C)C)ccc1N1C(=O)CSC1c1ccc(F)cc1. The van der Waals surface area contributed by atoms with Gasteiger partial charge in [-0.3, -0.25) is 14.5 Å². The first-order chi connectivity index (χ1) is 11.9. The van der Waals surface area contributed by atoms with Crippen LogP contribution in [0.25, 0.3) is 0 Å². The lowest BCUT2D eigenvalue weighted by molar-refractivity contribution is -0.115. The van der Waals surface area contributed by atoms with Crippen LogP contribution < -0.4 is 4.90 Å². The summed E-state index contributed by atoms with van der Waals surface area (Å²) in [6, 6.07) is 11.7. The van der Waals surface area contributed by atoms with Gasteiger partial charge in [-0.1, -0.05) is 26.0 Å². The Morgan fingerprint density at radius 1 is 1.20 bits per heavy atom. The summed E-state index contributed by atoms with van der Waals surface area (Å²) < 4.78 is 13.2. The van der Waals surface area contributed by atoms with E-state index in [4.69, 9.17) is 0 Å². The number of aryl methyl sites for hydroxylation is 1. The highest BCUT2D eigenvalue weighted by molar-refractivity contribution is 8.00. The topological polar surface area (TPSA) is 37.4 Å². The molecule has 1 amide bonds. The number of halogens is 1. The first kappa shape index (κ1) is 17.7. The van der Waals surface area contributed by atoms with Gasteiger partial charge in [0.15, 0.2) is 5.78 Å². The second kappa shape index (κ2) is 7.00. The second-order valence-corrected chi connectivity index (χ2v) is 7.57. The number of rotatable bonds is 4. The van der Waals surface area contributed by atoms with Crippen LogP contribution in [-0.2, 0) is 4.79 Å². The molecule has 0 N–H and O–H groups in total. The lowest BCUT2D eigenvalue weighted by Crippen LogP contribution is -2.28. The Balaban J connectivity index is 1.97. The number of thioether (sulfide) groups is 1. The molecule has 0 saturated carbocycles. The maximum Gasteiger partial charge on any atom is 0.238 e. The number of benzene rings is 2. The third-order valence-electron chi connectivity index (χ3n) is 4.29. The van der Waals surface area contributed by atoms with Gasteiger partial charge in [-0.25, -0.2) is 4.39 Å². The van der Waals surface area contributed by atoms with E-state index in [0.29, 0.717) is 11.3 Å². The van der Waals surface area contributed by atoms with E-state index in [9.17, 15) is 14.0 Å². The molecule has 3 nitrogen and oxygen atoms in total. The van der Waals surface area contributed by atoms with Crippen LogP contribution in [0.15, 0.2) is 42.5 Å². The van der Waals surface area contributed by atoms with Gasteiger partial charge in [-0.05, 0) is 48.4 Å². The molecule has 0 radical (unpaired) electrons. The molecule has 0 aromatic heterocycles. The van der Waals surface area contributed by atoms with E-state index in [-0.39, 0.29) is 28.8 Å². The van der Waals surface area contributed by atoms with E-state index in [2.05, 4.69) is 0 Å². The molecule has 0 spiro atoms. The number of ketones is 1. The molecule has 5 heteroatoms.